The van der Waals surface area contributed by atoms with E-state index in [4.69, 9.17) is 4.74 Å². The molecule has 0 atom stereocenters. The minimum absolute atomic E-state index is 0.806. The molecule has 2 rings (SSSR count). The van der Waals surface area contributed by atoms with Crippen LogP contribution in [0.5, 0.6) is 0 Å². The van der Waals surface area contributed by atoms with Crippen molar-refractivity contribution in [3.05, 3.63) is 18.1 Å². The lowest BCUT2D eigenvalue weighted by molar-refractivity contribution is 0.0336. The predicted molar refractivity (Wildman–Crippen MR) is 57.7 cm³/mol. The first-order chi connectivity index (χ1) is 7.38. The Bertz CT molecular complexity index is 295. The van der Waals surface area contributed by atoms with E-state index in [1.165, 1.54) is 0 Å². The molecule has 5 nitrogen and oxygen atoms in total. The first kappa shape index (κ1) is 10.3. The van der Waals surface area contributed by atoms with Crippen molar-refractivity contribution in [3.63, 3.8) is 0 Å². The number of nitrogens with one attached hydrogen (secondary N) is 1. The van der Waals surface area contributed by atoms with E-state index < -0.39 is 0 Å². The molecular formula is C10H16N4O. The lowest BCUT2D eigenvalue weighted by Crippen LogP contribution is -2.35. The first-order valence-corrected chi connectivity index (χ1v) is 5.17. The minimum atomic E-state index is 0.806. The Hall–Kier alpha value is -1.20. The molecule has 0 radical (unpaired) electrons. The number of aromatic nitrogens is 2. The second kappa shape index (κ2) is 5.04. The Morgan fingerprint density at radius 3 is 2.73 bits per heavy atom. The van der Waals surface area contributed by atoms with Crippen LogP contribution in [0.3, 0.4) is 0 Å². The number of nitrogens with zero attached hydrogens (tertiary/aromatic N) is 3. The number of anilines is 1. The maximum atomic E-state index is 5.29. The fraction of sp³-hybridized carbons (Fsp3) is 0.600. The van der Waals surface area contributed by atoms with E-state index >= 15 is 0 Å². The average molecular weight is 208 g/mol. The number of ether oxygens (including phenoxy) is 1. The Morgan fingerprint density at radius 2 is 2.13 bits per heavy atom. The summed E-state index contributed by atoms with van der Waals surface area (Å²) in [5, 5.41) is 2.95. The summed E-state index contributed by atoms with van der Waals surface area (Å²) in [6.07, 6.45) is 3.58. The molecule has 1 N–H and O–H groups in total. The molecule has 1 fully saturated rings. The summed E-state index contributed by atoms with van der Waals surface area (Å²) >= 11 is 0. The molecule has 2 heterocycles. The second-order valence-corrected chi connectivity index (χ2v) is 3.53. The number of hydrogen-bond acceptors (Lipinski definition) is 5. The van der Waals surface area contributed by atoms with Crippen LogP contribution in [0.25, 0.3) is 0 Å². The third-order valence-electron chi connectivity index (χ3n) is 2.45. The Kier molecular flexibility index (Phi) is 3.47. The summed E-state index contributed by atoms with van der Waals surface area (Å²) in [7, 11) is 1.84. The molecule has 1 aromatic heterocycles. The van der Waals surface area contributed by atoms with Gasteiger partial charge in [-0.1, -0.05) is 0 Å². The molecule has 0 amide bonds. The fourth-order valence-corrected chi connectivity index (χ4v) is 1.55. The maximum absolute atomic E-state index is 5.29. The van der Waals surface area contributed by atoms with Crippen LogP contribution in [0.1, 0.15) is 5.69 Å². The van der Waals surface area contributed by atoms with Crippen molar-refractivity contribution in [2.45, 2.75) is 6.54 Å². The zero-order valence-electron chi connectivity index (χ0n) is 8.94. The Balaban J connectivity index is 1.91. The van der Waals surface area contributed by atoms with Crippen LogP contribution in [0, 0.1) is 0 Å². The molecule has 0 unspecified atom stereocenters. The highest BCUT2D eigenvalue weighted by Crippen LogP contribution is 2.05. The van der Waals surface area contributed by atoms with E-state index in [1.54, 1.807) is 6.20 Å². The molecule has 0 bridgehead atoms. The predicted octanol–water partition coefficient (Wildman–Crippen LogP) is 0.350. The van der Waals surface area contributed by atoms with Gasteiger partial charge in [0.1, 0.15) is 5.82 Å². The lowest BCUT2D eigenvalue weighted by atomic mass is 10.3. The van der Waals surface area contributed by atoms with Gasteiger partial charge in [0, 0.05) is 26.7 Å². The summed E-state index contributed by atoms with van der Waals surface area (Å²) in [4.78, 5) is 10.9. The molecule has 1 aliphatic rings. The van der Waals surface area contributed by atoms with Crippen LogP contribution < -0.4 is 5.32 Å². The van der Waals surface area contributed by atoms with E-state index in [0.29, 0.717) is 0 Å². The van der Waals surface area contributed by atoms with Crippen molar-refractivity contribution in [1.29, 1.82) is 0 Å². The quantitative estimate of drug-likeness (QED) is 0.776. The summed E-state index contributed by atoms with van der Waals surface area (Å²) in [5.74, 6) is 0.806. The lowest BCUT2D eigenvalue weighted by Gasteiger charge is -2.25. The Morgan fingerprint density at radius 1 is 1.33 bits per heavy atom. The normalized spacial score (nSPS) is 17.7. The van der Waals surface area contributed by atoms with Crippen molar-refractivity contribution in [3.8, 4) is 0 Å². The van der Waals surface area contributed by atoms with Gasteiger partial charge in [-0.15, -0.1) is 0 Å². The third kappa shape index (κ3) is 2.87. The van der Waals surface area contributed by atoms with E-state index in [-0.39, 0.29) is 0 Å². The molecule has 82 valence electrons. The van der Waals surface area contributed by atoms with Gasteiger partial charge in [0.15, 0.2) is 0 Å². The smallest absolute Gasteiger partial charge is 0.144 e. The van der Waals surface area contributed by atoms with Gasteiger partial charge in [-0.3, -0.25) is 9.88 Å². The van der Waals surface area contributed by atoms with Gasteiger partial charge in [-0.05, 0) is 0 Å². The topological polar surface area (TPSA) is 50.3 Å². The molecule has 0 saturated carbocycles. The highest BCUT2D eigenvalue weighted by molar-refractivity contribution is 5.29. The highest BCUT2D eigenvalue weighted by atomic mass is 16.5. The maximum Gasteiger partial charge on any atom is 0.144 e. The van der Waals surface area contributed by atoms with Gasteiger partial charge < -0.3 is 10.1 Å². The van der Waals surface area contributed by atoms with E-state index in [9.17, 15) is 0 Å². The molecule has 15 heavy (non-hydrogen) atoms. The van der Waals surface area contributed by atoms with Gasteiger partial charge in [0.05, 0.1) is 31.3 Å². The molecule has 1 aromatic rings. The summed E-state index contributed by atoms with van der Waals surface area (Å²) in [6.45, 7) is 4.47. The van der Waals surface area contributed by atoms with Crippen LogP contribution in [0.2, 0.25) is 0 Å². The number of morpholine rings is 1. The van der Waals surface area contributed by atoms with Crippen LogP contribution in [-0.4, -0.2) is 48.2 Å². The van der Waals surface area contributed by atoms with Crippen molar-refractivity contribution < 1.29 is 4.74 Å². The standard InChI is InChI=1S/C10H16N4O/c1-11-10-7-12-9(6-13-10)8-14-2-4-15-5-3-14/h6-7H,2-5,8H2,1H3,(H,11,13). The van der Waals surface area contributed by atoms with E-state index in [2.05, 4.69) is 20.2 Å². The monoisotopic (exact) mass is 208 g/mol. The summed E-state index contributed by atoms with van der Waals surface area (Å²) in [6, 6.07) is 0. The molecule has 0 aliphatic carbocycles. The van der Waals surface area contributed by atoms with Gasteiger partial charge >= 0.3 is 0 Å². The van der Waals surface area contributed by atoms with E-state index in [1.807, 2.05) is 13.2 Å². The summed E-state index contributed by atoms with van der Waals surface area (Å²) < 4.78 is 5.29. The SMILES string of the molecule is CNc1cnc(CN2CCOCC2)cn1. The zero-order valence-corrected chi connectivity index (χ0v) is 8.94. The second-order valence-electron chi connectivity index (χ2n) is 3.53. The van der Waals surface area contributed by atoms with Crippen LogP contribution in [-0.2, 0) is 11.3 Å². The van der Waals surface area contributed by atoms with Gasteiger partial charge in [-0.25, -0.2) is 4.98 Å². The average Bonchev–Trinajstić information content (AvgIpc) is 2.31. The highest BCUT2D eigenvalue weighted by Gasteiger charge is 2.11. The third-order valence-corrected chi connectivity index (χ3v) is 2.45. The Labute approximate surface area is 89.5 Å². The zero-order chi connectivity index (χ0) is 10.5. The molecule has 1 saturated heterocycles. The van der Waals surface area contributed by atoms with Gasteiger partial charge in [-0.2, -0.15) is 0 Å². The first-order valence-electron chi connectivity index (χ1n) is 5.17. The number of hydrogen-bond donors (Lipinski definition) is 1. The van der Waals surface area contributed by atoms with E-state index in [0.717, 1.165) is 44.4 Å². The van der Waals surface area contributed by atoms with Crippen LogP contribution in [0.4, 0.5) is 5.82 Å². The molecule has 0 aromatic carbocycles. The van der Waals surface area contributed by atoms with Crippen molar-refractivity contribution >= 4 is 5.82 Å². The minimum Gasteiger partial charge on any atom is -0.379 e. The van der Waals surface area contributed by atoms with Crippen molar-refractivity contribution in [2.75, 3.05) is 38.7 Å². The van der Waals surface area contributed by atoms with Crippen LogP contribution in [0.15, 0.2) is 12.4 Å². The van der Waals surface area contributed by atoms with Crippen molar-refractivity contribution in [1.82, 2.24) is 14.9 Å². The van der Waals surface area contributed by atoms with Crippen molar-refractivity contribution in [2.24, 2.45) is 0 Å². The molecule has 1 aliphatic heterocycles. The van der Waals surface area contributed by atoms with Gasteiger partial charge in [0.25, 0.3) is 0 Å². The molecular weight excluding hydrogens is 192 g/mol. The number of rotatable bonds is 3. The molecule has 5 heteroatoms. The largest absolute Gasteiger partial charge is 0.379 e. The fourth-order valence-electron chi connectivity index (χ4n) is 1.55. The summed E-state index contributed by atoms with van der Waals surface area (Å²) in [5.41, 5.74) is 1.01. The molecule has 0 spiro atoms. The van der Waals surface area contributed by atoms with Crippen LogP contribution >= 0.6 is 0 Å². The van der Waals surface area contributed by atoms with Gasteiger partial charge in [0.2, 0.25) is 0 Å².